The Bertz CT molecular complexity index is 398. The van der Waals surface area contributed by atoms with Gasteiger partial charge in [-0.15, -0.1) is 0 Å². The molecule has 2 rings (SSSR count). The third-order valence-electron chi connectivity index (χ3n) is 3.35. The summed E-state index contributed by atoms with van der Waals surface area (Å²) >= 11 is 0. The number of carboxylic acids is 1. The highest BCUT2D eigenvalue weighted by Gasteiger charge is 2.26. The largest absolute Gasteiger partial charge is 0.481 e. The molecule has 0 aromatic heterocycles. The van der Waals surface area contributed by atoms with Gasteiger partial charge in [-0.25, -0.2) is 0 Å². The molecular formula is C13H18N2O2. The molecule has 2 atom stereocenters. The molecule has 2 unspecified atom stereocenters. The minimum atomic E-state index is -0.702. The molecule has 4 N–H and O–H groups in total. The Morgan fingerprint density at radius 2 is 2.29 bits per heavy atom. The van der Waals surface area contributed by atoms with E-state index in [2.05, 4.69) is 17.4 Å². The Balaban J connectivity index is 2.02. The van der Waals surface area contributed by atoms with Gasteiger partial charge >= 0.3 is 5.97 Å². The molecule has 1 fully saturated rings. The van der Waals surface area contributed by atoms with E-state index in [0.717, 1.165) is 18.4 Å². The molecular weight excluding hydrogens is 216 g/mol. The van der Waals surface area contributed by atoms with Crippen molar-refractivity contribution in [2.45, 2.75) is 25.4 Å². The van der Waals surface area contributed by atoms with E-state index in [4.69, 9.17) is 10.8 Å². The van der Waals surface area contributed by atoms with Crippen molar-refractivity contribution in [3.8, 4) is 0 Å². The summed E-state index contributed by atoms with van der Waals surface area (Å²) in [6.45, 7) is 1.09. The zero-order valence-corrected chi connectivity index (χ0v) is 9.73. The number of carboxylic acid groups (broad SMARTS) is 1. The van der Waals surface area contributed by atoms with Crippen LogP contribution in [-0.4, -0.2) is 17.6 Å². The van der Waals surface area contributed by atoms with Crippen LogP contribution in [0.5, 0.6) is 0 Å². The van der Waals surface area contributed by atoms with E-state index in [1.807, 2.05) is 12.1 Å². The van der Waals surface area contributed by atoms with Gasteiger partial charge in [0.25, 0.3) is 0 Å². The maximum atomic E-state index is 10.8. The van der Waals surface area contributed by atoms with Gasteiger partial charge in [-0.1, -0.05) is 24.3 Å². The smallest absolute Gasteiger partial charge is 0.307 e. The predicted molar refractivity (Wildman–Crippen MR) is 65.4 cm³/mol. The molecule has 0 radical (unpaired) electrons. The summed E-state index contributed by atoms with van der Waals surface area (Å²) in [5.41, 5.74) is 7.93. The van der Waals surface area contributed by atoms with Gasteiger partial charge in [-0.2, -0.15) is 0 Å². The van der Waals surface area contributed by atoms with E-state index in [9.17, 15) is 4.79 Å². The van der Waals surface area contributed by atoms with Gasteiger partial charge in [-0.05, 0) is 24.0 Å². The van der Waals surface area contributed by atoms with Crippen molar-refractivity contribution in [1.29, 1.82) is 0 Å². The first-order chi connectivity index (χ1) is 8.20. The normalized spacial score (nSPS) is 24.5. The summed E-state index contributed by atoms with van der Waals surface area (Å²) in [4.78, 5) is 10.8. The summed E-state index contributed by atoms with van der Waals surface area (Å²) in [7, 11) is 0. The van der Waals surface area contributed by atoms with Gasteiger partial charge in [0, 0.05) is 19.1 Å². The topological polar surface area (TPSA) is 75.4 Å². The fourth-order valence-corrected chi connectivity index (χ4v) is 2.29. The van der Waals surface area contributed by atoms with Crippen LogP contribution in [0.4, 0.5) is 0 Å². The Morgan fingerprint density at radius 3 is 2.88 bits per heavy atom. The third kappa shape index (κ3) is 2.84. The minimum Gasteiger partial charge on any atom is -0.481 e. The van der Waals surface area contributed by atoms with Crippen molar-refractivity contribution in [2.24, 2.45) is 11.7 Å². The molecule has 1 aromatic carbocycles. The first-order valence-electron chi connectivity index (χ1n) is 5.96. The van der Waals surface area contributed by atoms with Crippen molar-refractivity contribution in [3.05, 3.63) is 35.4 Å². The molecule has 4 nitrogen and oxygen atoms in total. The molecule has 1 aliphatic rings. The van der Waals surface area contributed by atoms with E-state index in [1.54, 1.807) is 0 Å². The average Bonchev–Trinajstić information content (AvgIpc) is 2.39. The molecule has 1 heterocycles. The second kappa shape index (κ2) is 5.29. The number of piperidine rings is 1. The lowest BCUT2D eigenvalue weighted by atomic mass is 9.90. The van der Waals surface area contributed by atoms with Crippen molar-refractivity contribution >= 4 is 5.97 Å². The summed E-state index contributed by atoms with van der Waals surface area (Å²) in [6, 6.07) is 8.43. The second-order valence-corrected chi connectivity index (χ2v) is 4.52. The quantitative estimate of drug-likeness (QED) is 0.736. The maximum Gasteiger partial charge on any atom is 0.307 e. The van der Waals surface area contributed by atoms with Crippen molar-refractivity contribution in [2.75, 3.05) is 6.54 Å². The number of aliphatic carboxylic acids is 1. The lowest BCUT2D eigenvalue weighted by Crippen LogP contribution is -2.36. The summed E-state index contributed by atoms with van der Waals surface area (Å²) < 4.78 is 0. The third-order valence-corrected chi connectivity index (χ3v) is 3.35. The van der Waals surface area contributed by atoms with Crippen LogP contribution in [0.15, 0.2) is 24.3 Å². The molecule has 4 heteroatoms. The summed E-state index contributed by atoms with van der Waals surface area (Å²) in [6.07, 6.45) is 1.60. The van der Waals surface area contributed by atoms with Crippen LogP contribution in [-0.2, 0) is 11.3 Å². The zero-order chi connectivity index (χ0) is 12.3. The Kier molecular flexibility index (Phi) is 3.76. The number of hydrogen-bond donors (Lipinski definition) is 3. The summed E-state index contributed by atoms with van der Waals surface area (Å²) in [5.74, 6) is -0.949. The van der Waals surface area contributed by atoms with E-state index >= 15 is 0 Å². The van der Waals surface area contributed by atoms with E-state index < -0.39 is 5.97 Å². The van der Waals surface area contributed by atoms with Gasteiger partial charge in [0.05, 0.1) is 5.92 Å². The molecule has 1 saturated heterocycles. The predicted octanol–water partition coefficient (Wildman–Crippen LogP) is 1.27. The molecule has 92 valence electrons. The molecule has 0 aliphatic carbocycles. The van der Waals surface area contributed by atoms with Crippen LogP contribution in [0, 0.1) is 5.92 Å². The number of rotatable bonds is 3. The number of nitrogens with one attached hydrogen (secondary N) is 1. The lowest BCUT2D eigenvalue weighted by Gasteiger charge is -2.28. The van der Waals surface area contributed by atoms with Crippen molar-refractivity contribution in [3.63, 3.8) is 0 Å². The first kappa shape index (κ1) is 12.1. The van der Waals surface area contributed by atoms with Gasteiger partial charge in [0.15, 0.2) is 0 Å². The van der Waals surface area contributed by atoms with Crippen LogP contribution in [0.1, 0.15) is 30.0 Å². The molecule has 1 aliphatic heterocycles. The van der Waals surface area contributed by atoms with E-state index in [-0.39, 0.29) is 12.0 Å². The Labute approximate surface area is 101 Å². The van der Waals surface area contributed by atoms with Crippen molar-refractivity contribution < 1.29 is 9.90 Å². The molecule has 1 aromatic rings. The molecule has 0 amide bonds. The molecule has 17 heavy (non-hydrogen) atoms. The number of carbonyl (C=O) groups is 1. The van der Waals surface area contributed by atoms with Gasteiger partial charge in [-0.3, -0.25) is 4.79 Å². The number of nitrogens with two attached hydrogens (primary N) is 1. The monoisotopic (exact) mass is 234 g/mol. The van der Waals surface area contributed by atoms with Crippen molar-refractivity contribution in [1.82, 2.24) is 5.32 Å². The molecule has 0 spiro atoms. The van der Waals surface area contributed by atoms with Crippen LogP contribution >= 0.6 is 0 Å². The van der Waals surface area contributed by atoms with Crippen LogP contribution < -0.4 is 11.1 Å². The van der Waals surface area contributed by atoms with Crippen LogP contribution in [0.2, 0.25) is 0 Å². The highest BCUT2D eigenvalue weighted by molar-refractivity contribution is 5.70. The van der Waals surface area contributed by atoms with Gasteiger partial charge < -0.3 is 16.2 Å². The fraction of sp³-hybridized carbons (Fsp3) is 0.462. The van der Waals surface area contributed by atoms with Crippen LogP contribution in [0.25, 0.3) is 0 Å². The Hall–Kier alpha value is -1.39. The molecule has 0 bridgehead atoms. The lowest BCUT2D eigenvalue weighted by molar-refractivity contribution is -0.142. The Morgan fingerprint density at radius 1 is 1.47 bits per heavy atom. The number of benzene rings is 1. The fourth-order valence-electron chi connectivity index (χ4n) is 2.29. The van der Waals surface area contributed by atoms with Crippen LogP contribution in [0.3, 0.4) is 0 Å². The summed E-state index contributed by atoms with van der Waals surface area (Å²) in [5, 5.41) is 12.2. The molecule has 0 saturated carbocycles. The van der Waals surface area contributed by atoms with E-state index in [0.29, 0.717) is 13.1 Å². The highest BCUT2D eigenvalue weighted by atomic mass is 16.4. The zero-order valence-electron chi connectivity index (χ0n) is 9.73. The highest BCUT2D eigenvalue weighted by Crippen LogP contribution is 2.26. The standard InChI is InChI=1S/C13H18N2O2/c14-7-9-2-1-3-10(6-9)12-5-4-11(8-15-12)13(16)17/h1-3,6,11-12,15H,4-5,7-8,14H2,(H,16,17). The van der Waals surface area contributed by atoms with Gasteiger partial charge in [0.1, 0.15) is 0 Å². The van der Waals surface area contributed by atoms with Gasteiger partial charge in [0.2, 0.25) is 0 Å². The van der Waals surface area contributed by atoms with E-state index in [1.165, 1.54) is 5.56 Å². The first-order valence-corrected chi connectivity index (χ1v) is 5.96. The second-order valence-electron chi connectivity index (χ2n) is 4.52. The average molecular weight is 234 g/mol. The number of hydrogen-bond acceptors (Lipinski definition) is 3. The maximum absolute atomic E-state index is 10.8. The SMILES string of the molecule is NCc1cccc(C2CCC(C(=O)O)CN2)c1. The minimum absolute atomic E-state index is 0.246.